The summed E-state index contributed by atoms with van der Waals surface area (Å²) in [5.41, 5.74) is 1.66. The summed E-state index contributed by atoms with van der Waals surface area (Å²) in [6.07, 6.45) is 1.53. The zero-order valence-corrected chi connectivity index (χ0v) is 14.4. The topological polar surface area (TPSA) is 85.4 Å². The Morgan fingerprint density at radius 2 is 1.69 bits per heavy atom. The number of rotatable bonds is 6. The Kier molecular flexibility index (Phi) is 5.28. The predicted octanol–water partition coefficient (Wildman–Crippen LogP) is 3.49. The molecule has 0 spiro atoms. The second-order valence-electron chi connectivity index (χ2n) is 5.31. The SMILES string of the molecule is COc1ccc(NC(=O)c2ccnc(Nc3cccc(OC)c3)n2)cc1. The minimum Gasteiger partial charge on any atom is -0.497 e. The van der Waals surface area contributed by atoms with Crippen LogP contribution in [0.5, 0.6) is 11.5 Å². The molecular weight excluding hydrogens is 332 g/mol. The van der Waals surface area contributed by atoms with Gasteiger partial charge in [0.1, 0.15) is 17.2 Å². The molecule has 1 heterocycles. The van der Waals surface area contributed by atoms with Crippen molar-refractivity contribution in [3.63, 3.8) is 0 Å². The quantitative estimate of drug-likeness (QED) is 0.708. The molecule has 1 aromatic heterocycles. The van der Waals surface area contributed by atoms with Crippen molar-refractivity contribution in [1.29, 1.82) is 0 Å². The Hall–Kier alpha value is -3.61. The first-order valence-corrected chi connectivity index (χ1v) is 7.87. The number of ether oxygens (including phenoxy) is 2. The first-order chi connectivity index (χ1) is 12.7. The molecule has 0 atom stereocenters. The van der Waals surface area contributed by atoms with Crippen LogP contribution < -0.4 is 20.1 Å². The fraction of sp³-hybridized carbons (Fsp3) is 0.105. The van der Waals surface area contributed by atoms with Crippen LogP contribution in [0, 0.1) is 0 Å². The molecule has 0 fully saturated rings. The highest BCUT2D eigenvalue weighted by Gasteiger charge is 2.10. The van der Waals surface area contributed by atoms with Crippen LogP contribution in [-0.4, -0.2) is 30.1 Å². The van der Waals surface area contributed by atoms with Crippen molar-refractivity contribution < 1.29 is 14.3 Å². The molecule has 1 amide bonds. The lowest BCUT2D eigenvalue weighted by Gasteiger charge is -2.09. The van der Waals surface area contributed by atoms with E-state index in [1.807, 2.05) is 24.3 Å². The van der Waals surface area contributed by atoms with E-state index in [4.69, 9.17) is 9.47 Å². The van der Waals surface area contributed by atoms with Crippen molar-refractivity contribution in [1.82, 2.24) is 9.97 Å². The van der Waals surface area contributed by atoms with Crippen molar-refractivity contribution in [3.8, 4) is 11.5 Å². The Bertz CT molecular complexity index is 897. The molecule has 0 radical (unpaired) electrons. The molecule has 2 N–H and O–H groups in total. The van der Waals surface area contributed by atoms with Crippen molar-refractivity contribution in [2.24, 2.45) is 0 Å². The van der Waals surface area contributed by atoms with E-state index < -0.39 is 0 Å². The first kappa shape index (κ1) is 17.2. The van der Waals surface area contributed by atoms with Gasteiger partial charge in [0.25, 0.3) is 5.91 Å². The minimum atomic E-state index is -0.328. The number of hydrogen-bond acceptors (Lipinski definition) is 6. The lowest BCUT2D eigenvalue weighted by atomic mass is 10.3. The number of amides is 1. The number of carbonyl (C=O) groups excluding carboxylic acids is 1. The monoisotopic (exact) mass is 350 g/mol. The highest BCUT2D eigenvalue weighted by atomic mass is 16.5. The molecule has 0 saturated heterocycles. The van der Waals surface area contributed by atoms with Crippen LogP contribution in [0.4, 0.5) is 17.3 Å². The van der Waals surface area contributed by atoms with Crippen LogP contribution in [0.1, 0.15) is 10.5 Å². The van der Waals surface area contributed by atoms with E-state index in [1.165, 1.54) is 6.20 Å². The summed E-state index contributed by atoms with van der Waals surface area (Å²) >= 11 is 0. The molecule has 26 heavy (non-hydrogen) atoms. The number of nitrogens with one attached hydrogen (secondary N) is 2. The number of anilines is 3. The van der Waals surface area contributed by atoms with Crippen LogP contribution in [0.2, 0.25) is 0 Å². The summed E-state index contributed by atoms with van der Waals surface area (Å²) in [5.74, 6) is 1.42. The van der Waals surface area contributed by atoms with Crippen molar-refractivity contribution in [2.75, 3.05) is 24.9 Å². The summed E-state index contributed by atoms with van der Waals surface area (Å²) in [6.45, 7) is 0. The highest BCUT2D eigenvalue weighted by molar-refractivity contribution is 6.03. The Morgan fingerprint density at radius 3 is 2.42 bits per heavy atom. The van der Waals surface area contributed by atoms with E-state index in [-0.39, 0.29) is 11.6 Å². The lowest BCUT2D eigenvalue weighted by molar-refractivity contribution is 0.102. The minimum absolute atomic E-state index is 0.251. The molecule has 0 bridgehead atoms. The third-order valence-corrected chi connectivity index (χ3v) is 3.56. The van der Waals surface area contributed by atoms with Gasteiger partial charge >= 0.3 is 0 Å². The maximum Gasteiger partial charge on any atom is 0.274 e. The van der Waals surface area contributed by atoms with E-state index >= 15 is 0 Å². The number of benzene rings is 2. The molecule has 7 nitrogen and oxygen atoms in total. The van der Waals surface area contributed by atoms with Gasteiger partial charge in [0.2, 0.25) is 5.95 Å². The van der Waals surface area contributed by atoms with Crippen LogP contribution in [0.3, 0.4) is 0 Å². The van der Waals surface area contributed by atoms with Crippen molar-refractivity contribution >= 4 is 23.2 Å². The summed E-state index contributed by atoms with van der Waals surface area (Å²) in [7, 11) is 3.19. The van der Waals surface area contributed by atoms with Crippen molar-refractivity contribution in [3.05, 3.63) is 66.5 Å². The van der Waals surface area contributed by atoms with Gasteiger partial charge in [0.05, 0.1) is 14.2 Å². The van der Waals surface area contributed by atoms with Gasteiger partial charge in [-0.3, -0.25) is 4.79 Å². The fourth-order valence-corrected chi connectivity index (χ4v) is 2.24. The van der Waals surface area contributed by atoms with E-state index in [9.17, 15) is 4.79 Å². The molecular formula is C19H18N4O3. The molecule has 3 aromatic rings. The molecule has 0 unspecified atom stereocenters. The van der Waals surface area contributed by atoms with Gasteiger partial charge in [0, 0.05) is 23.6 Å². The van der Waals surface area contributed by atoms with Crippen LogP contribution in [0.25, 0.3) is 0 Å². The summed E-state index contributed by atoms with van der Waals surface area (Å²) in [6, 6.07) is 16.0. The van der Waals surface area contributed by atoms with Gasteiger partial charge in [0.15, 0.2) is 0 Å². The molecule has 132 valence electrons. The lowest BCUT2D eigenvalue weighted by Crippen LogP contribution is -2.14. The molecule has 0 saturated carbocycles. The number of nitrogens with zero attached hydrogens (tertiary/aromatic N) is 2. The van der Waals surface area contributed by atoms with Gasteiger partial charge < -0.3 is 20.1 Å². The fourth-order valence-electron chi connectivity index (χ4n) is 2.24. The first-order valence-electron chi connectivity index (χ1n) is 7.87. The summed E-state index contributed by atoms with van der Waals surface area (Å²) < 4.78 is 10.3. The second-order valence-corrected chi connectivity index (χ2v) is 5.31. The number of carbonyl (C=O) groups is 1. The van der Waals surface area contributed by atoms with E-state index in [2.05, 4.69) is 20.6 Å². The molecule has 7 heteroatoms. The smallest absolute Gasteiger partial charge is 0.274 e. The summed E-state index contributed by atoms with van der Waals surface area (Å²) in [4.78, 5) is 20.8. The molecule has 0 aliphatic rings. The van der Waals surface area contributed by atoms with E-state index in [0.717, 1.165) is 11.4 Å². The zero-order valence-electron chi connectivity index (χ0n) is 14.4. The van der Waals surface area contributed by atoms with Gasteiger partial charge in [-0.15, -0.1) is 0 Å². The third kappa shape index (κ3) is 4.27. The Morgan fingerprint density at radius 1 is 0.923 bits per heavy atom. The molecule has 3 rings (SSSR count). The Labute approximate surface area is 151 Å². The second kappa shape index (κ2) is 7.98. The predicted molar refractivity (Wildman–Crippen MR) is 99.3 cm³/mol. The maximum absolute atomic E-state index is 12.4. The average molecular weight is 350 g/mol. The van der Waals surface area contributed by atoms with Gasteiger partial charge in [-0.1, -0.05) is 6.07 Å². The molecule has 2 aromatic carbocycles. The van der Waals surface area contributed by atoms with Crippen LogP contribution in [0.15, 0.2) is 60.8 Å². The van der Waals surface area contributed by atoms with Gasteiger partial charge in [-0.2, -0.15) is 0 Å². The van der Waals surface area contributed by atoms with E-state index in [0.29, 0.717) is 17.4 Å². The van der Waals surface area contributed by atoms with Gasteiger partial charge in [-0.25, -0.2) is 9.97 Å². The normalized spacial score (nSPS) is 10.1. The number of methoxy groups -OCH3 is 2. The maximum atomic E-state index is 12.4. The third-order valence-electron chi connectivity index (χ3n) is 3.56. The van der Waals surface area contributed by atoms with E-state index in [1.54, 1.807) is 44.6 Å². The van der Waals surface area contributed by atoms with Crippen LogP contribution in [-0.2, 0) is 0 Å². The van der Waals surface area contributed by atoms with Crippen LogP contribution >= 0.6 is 0 Å². The number of hydrogen-bond donors (Lipinski definition) is 2. The zero-order chi connectivity index (χ0) is 18.4. The number of aromatic nitrogens is 2. The highest BCUT2D eigenvalue weighted by Crippen LogP contribution is 2.20. The summed E-state index contributed by atoms with van der Waals surface area (Å²) in [5, 5.41) is 5.84. The molecule has 0 aliphatic heterocycles. The average Bonchev–Trinajstić information content (AvgIpc) is 2.69. The van der Waals surface area contributed by atoms with Crippen molar-refractivity contribution in [2.45, 2.75) is 0 Å². The standard InChI is InChI=1S/C19H18N4O3/c1-25-15-8-6-13(7-9-15)21-18(24)17-10-11-20-19(23-17)22-14-4-3-5-16(12-14)26-2/h3-12H,1-2H3,(H,21,24)(H,20,22,23). The Balaban J connectivity index is 1.72. The van der Waals surface area contributed by atoms with Gasteiger partial charge in [-0.05, 0) is 42.5 Å². The molecule has 0 aliphatic carbocycles. The largest absolute Gasteiger partial charge is 0.497 e.